The molecule has 6 nitrogen and oxygen atoms in total. The molecule has 0 unspecified atom stereocenters. The second-order valence-corrected chi connectivity index (χ2v) is 7.17. The van der Waals surface area contributed by atoms with Crippen LogP contribution in [0, 0.1) is 0 Å². The van der Waals surface area contributed by atoms with E-state index in [2.05, 4.69) is 0 Å². The number of halogens is 1. The van der Waals surface area contributed by atoms with Crippen molar-refractivity contribution in [3.63, 3.8) is 0 Å². The average molecular weight is 356 g/mol. The van der Waals surface area contributed by atoms with Gasteiger partial charge in [0, 0.05) is 31.0 Å². The van der Waals surface area contributed by atoms with E-state index >= 15 is 0 Å². The second-order valence-electron chi connectivity index (χ2n) is 6.73. The zero-order valence-electron chi connectivity index (χ0n) is 14.0. The number of piperidine rings is 1. The maximum atomic E-state index is 12.0. The molecule has 1 N–H and O–H groups in total. The summed E-state index contributed by atoms with van der Waals surface area (Å²) in [5.41, 5.74) is -0.448. The van der Waals surface area contributed by atoms with Crippen molar-refractivity contribution in [2.75, 3.05) is 13.1 Å². The Bertz CT molecular complexity index is 618. The van der Waals surface area contributed by atoms with E-state index < -0.39 is 11.6 Å². The lowest BCUT2D eigenvalue weighted by Gasteiger charge is -2.33. The molecule has 1 aromatic carbocycles. The van der Waals surface area contributed by atoms with Gasteiger partial charge in [0.15, 0.2) is 0 Å². The Morgan fingerprint density at radius 2 is 1.88 bits per heavy atom. The van der Waals surface area contributed by atoms with Crippen LogP contribution in [0.1, 0.15) is 44.0 Å². The molecular formula is C17H22ClNO5. The maximum Gasteiger partial charge on any atom is 0.410 e. The number of rotatable bonds is 3. The third-order valence-corrected chi connectivity index (χ3v) is 3.80. The molecule has 1 heterocycles. The topological polar surface area (TPSA) is 76.1 Å². The molecule has 0 saturated carbocycles. The second kappa shape index (κ2) is 7.30. The van der Waals surface area contributed by atoms with Crippen LogP contribution in [0.4, 0.5) is 4.79 Å². The fourth-order valence-corrected chi connectivity index (χ4v) is 2.59. The first-order valence-corrected chi connectivity index (χ1v) is 8.21. The highest BCUT2D eigenvalue weighted by atomic mass is 35.5. The maximum absolute atomic E-state index is 12.0. The number of carbonyl (C=O) groups is 2. The molecule has 1 saturated heterocycles. The van der Waals surface area contributed by atoms with Gasteiger partial charge in [-0.2, -0.15) is 0 Å². The predicted octanol–water partition coefficient (Wildman–Crippen LogP) is 3.82. The molecule has 1 fully saturated rings. The van der Waals surface area contributed by atoms with Crippen LogP contribution in [0.5, 0.6) is 5.75 Å². The normalized spacial score (nSPS) is 15.9. The largest absolute Gasteiger partial charge is 0.489 e. The number of ether oxygens (including phenoxy) is 2. The molecule has 1 aliphatic heterocycles. The summed E-state index contributed by atoms with van der Waals surface area (Å²) in [7, 11) is 0. The number of nitrogens with zero attached hydrogens (tertiary/aromatic N) is 1. The van der Waals surface area contributed by atoms with Crippen LogP contribution in [0.15, 0.2) is 18.2 Å². The predicted molar refractivity (Wildman–Crippen MR) is 89.9 cm³/mol. The first kappa shape index (κ1) is 18.4. The minimum Gasteiger partial charge on any atom is -0.489 e. The van der Waals surface area contributed by atoms with E-state index in [1.165, 1.54) is 18.2 Å². The highest BCUT2D eigenvalue weighted by Gasteiger charge is 2.28. The highest BCUT2D eigenvalue weighted by Crippen LogP contribution is 2.27. The molecule has 0 aromatic heterocycles. The van der Waals surface area contributed by atoms with Gasteiger partial charge in [-0.3, -0.25) is 0 Å². The fourth-order valence-electron chi connectivity index (χ4n) is 2.43. The van der Waals surface area contributed by atoms with E-state index in [4.69, 9.17) is 21.1 Å². The zero-order valence-corrected chi connectivity index (χ0v) is 14.8. The van der Waals surface area contributed by atoms with Crippen LogP contribution in [0.3, 0.4) is 0 Å². The van der Waals surface area contributed by atoms with E-state index in [-0.39, 0.29) is 23.5 Å². The van der Waals surface area contributed by atoms with Crippen LogP contribution < -0.4 is 4.74 Å². The highest BCUT2D eigenvalue weighted by molar-refractivity contribution is 6.30. The Kier molecular flexibility index (Phi) is 5.59. The number of amides is 1. The molecule has 2 rings (SSSR count). The first-order chi connectivity index (χ1) is 11.2. The molecular weight excluding hydrogens is 334 g/mol. The molecule has 0 radical (unpaired) electrons. The van der Waals surface area contributed by atoms with Crippen molar-refractivity contribution >= 4 is 23.7 Å². The number of aromatic carboxylic acids is 1. The Balaban J connectivity index is 1.95. The number of likely N-dealkylation sites (tertiary alicyclic amines) is 1. The lowest BCUT2D eigenvalue weighted by Crippen LogP contribution is -2.44. The van der Waals surface area contributed by atoms with E-state index in [1.807, 2.05) is 20.8 Å². The Morgan fingerprint density at radius 3 is 2.42 bits per heavy atom. The monoisotopic (exact) mass is 355 g/mol. The van der Waals surface area contributed by atoms with Crippen LogP contribution in [-0.2, 0) is 4.74 Å². The molecule has 1 amide bonds. The van der Waals surface area contributed by atoms with Crippen LogP contribution >= 0.6 is 11.6 Å². The summed E-state index contributed by atoms with van der Waals surface area (Å²) in [6, 6.07) is 4.45. The molecule has 1 aromatic rings. The lowest BCUT2D eigenvalue weighted by molar-refractivity contribution is 0.0126. The summed E-state index contributed by atoms with van der Waals surface area (Å²) >= 11 is 5.92. The third kappa shape index (κ3) is 5.03. The van der Waals surface area contributed by atoms with Gasteiger partial charge in [-0.25, -0.2) is 9.59 Å². The van der Waals surface area contributed by atoms with Crippen molar-refractivity contribution in [3.8, 4) is 5.75 Å². The fraction of sp³-hybridized carbons (Fsp3) is 0.529. The summed E-state index contributed by atoms with van der Waals surface area (Å²) in [6.07, 6.45) is 0.700. The minimum absolute atomic E-state index is 0.0778. The number of hydrogen-bond donors (Lipinski definition) is 1. The molecule has 0 bridgehead atoms. The van der Waals surface area contributed by atoms with Gasteiger partial charge < -0.3 is 19.5 Å². The quantitative estimate of drug-likeness (QED) is 0.892. The molecule has 24 heavy (non-hydrogen) atoms. The number of carboxylic acid groups (broad SMARTS) is 1. The van der Waals surface area contributed by atoms with E-state index in [0.29, 0.717) is 31.0 Å². The summed E-state index contributed by atoms with van der Waals surface area (Å²) in [5.74, 6) is -0.807. The Hall–Kier alpha value is -1.95. The van der Waals surface area contributed by atoms with E-state index in [1.54, 1.807) is 4.90 Å². The Labute approximate surface area is 146 Å². The molecule has 0 spiro atoms. The summed E-state index contributed by atoms with van der Waals surface area (Å²) in [4.78, 5) is 24.9. The zero-order chi connectivity index (χ0) is 17.9. The van der Waals surface area contributed by atoms with E-state index in [0.717, 1.165) is 0 Å². The molecule has 7 heteroatoms. The van der Waals surface area contributed by atoms with Crippen LogP contribution in [0.25, 0.3) is 0 Å². The van der Waals surface area contributed by atoms with Crippen molar-refractivity contribution in [3.05, 3.63) is 28.8 Å². The molecule has 0 atom stereocenters. The van der Waals surface area contributed by atoms with Crippen LogP contribution in [0.2, 0.25) is 5.02 Å². The number of carboxylic acids is 1. The van der Waals surface area contributed by atoms with E-state index in [9.17, 15) is 14.7 Å². The number of benzene rings is 1. The Morgan fingerprint density at radius 1 is 1.25 bits per heavy atom. The van der Waals surface area contributed by atoms with Gasteiger partial charge in [-0.15, -0.1) is 0 Å². The standard InChI is InChI=1S/C17H22ClNO5/c1-17(2,3)24-16(22)19-8-6-12(7-9-19)23-14-10-11(18)4-5-13(14)15(20)21/h4-5,10,12H,6-9H2,1-3H3,(H,20,21). The summed E-state index contributed by atoms with van der Waals surface area (Å²) < 4.78 is 11.2. The smallest absolute Gasteiger partial charge is 0.410 e. The minimum atomic E-state index is -1.06. The van der Waals surface area contributed by atoms with Crippen molar-refractivity contribution in [2.45, 2.75) is 45.3 Å². The summed E-state index contributed by atoms with van der Waals surface area (Å²) in [6.45, 7) is 6.49. The third-order valence-electron chi connectivity index (χ3n) is 3.56. The number of hydrogen-bond acceptors (Lipinski definition) is 4. The van der Waals surface area contributed by atoms with Crippen molar-refractivity contribution in [2.24, 2.45) is 0 Å². The van der Waals surface area contributed by atoms with Gasteiger partial charge in [-0.1, -0.05) is 11.6 Å². The molecule has 132 valence electrons. The average Bonchev–Trinajstić information content (AvgIpc) is 2.46. The summed E-state index contributed by atoms with van der Waals surface area (Å²) in [5, 5.41) is 9.63. The molecule has 1 aliphatic rings. The number of carbonyl (C=O) groups excluding carboxylic acids is 1. The van der Waals surface area contributed by atoms with Gasteiger partial charge in [0.25, 0.3) is 0 Å². The van der Waals surface area contributed by atoms with Crippen molar-refractivity contribution in [1.82, 2.24) is 4.90 Å². The van der Waals surface area contributed by atoms with Gasteiger partial charge in [0.1, 0.15) is 23.0 Å². The van der Waals surface area contributed by atoms with Gasteiger partial charge in [0.05, 0.1) is 0 Å². The SMILES string of the molecule is CC(C)(C)OC(=O)N1CCC(Oc2cc(Cl)ccc2C(=O)O)CC1. The van der Waals surface area contributed by atoms with Gasteiger partial charge >= 0.3 is 12.1 Å². The first-order valence-electron chi connectivity index (χ1n) is 7.83. The van der Waals surface area contributed by atoms with Gasteiger partial charge in [-0.05, 0) is 39.0 Å². The molecule has 0 aliphatic carbocycles. The van der Waals surface area contributed by atoms with Crippen molar-refractivity contribution < 1.29 is 24.2 Å². The van der Waals surface area contributed by atoms with Crippen LogP contribution in [-0.4, -0.2) is 46.9 Å². The lowest BCUT2D eigenvalue weighted by atomic mass is 10.1. The van der Waals surface area contributed by atoms with Crippen molar-refractivity contribution in [1.29, 1.82) is 0 Å². The van der Waals surface area contributed by atoms with Gasteiger partial charge in [0.2, 0.25) is 0 Å².